The second kappa shape index (κ2) is 10.3. The number of methoxy groups -OCH3 is 1. The predicted molar refractivity (Wildman–Crippen MR) is 123 cm³/mol. The molecule has 0 aliphatic heterocycles. The van der Waals surface area contributed by atoms with Crippen molar-refractivity contribution in [2.45, 2.75) is 24.9 Å². The van der Waals surface area contributed by atoms with Crippen LogP contribution >= 0.6 is 0 Å². The fourth-order valence-electron chi connectivity index (χ4n) is 3.02. The number of benzene rings is 3. The summed E-state index contributed by atoms with van der Waals surface area (Å²) in [6.45, 7) is 1.71. The zero-order valence-electron chi connectivity index (χ0n) is 18.2. The molecule has 0 saturated carbocycles. The van der Waals surface area contributed by atoms with Gasteiger partial charge in [-0.05, 0) is 54.4 Å². The summed E-state index contributed by atoms with van der Waals surface area (Å²) in [6.07, 6.45) is 0. The van der Waals surface area contributed by atoms with Gasteiger partial charge in [0.1, 0.15) is 0 Å². The van der Waals surface area contributed by atoms with Crippen LogP contribution in [-0.2, 0) is 23.1 Å². The van der Waals surface area contributed by atoms with Crippen molar-refractivity contribution in [3.63, 3.8) is 0 Å². The van der Waals surface area contributed by atoms with Gasteiger partial charge in [0.2, 0.25) is 10.0 Å². The second-order valence-electron chi connectivity index (χ2n) is 7.29. The van der Waals surface area contributed by atoms with Crippen molar-refractivity contribution >= 4 is 21.7 Å². The van der Waals surface area contributed by atoms with Crippen molar-refractivity contribution in [3.8, 4) is 11.5 Å². The number of aromatic hydroxyl groups is 1. The molecular weight excluding hydrogens is 444 g/mol. The zero-order chi connectivity index (χ0) is 24.0. The smallest absolute Gasteiger partial charge is 0.251 e. The van der Waals surface area contributed by atoms with Crippen molar-refractivity contribution in [3.05, 3.63) is 89.0 Å². The maximum atomic E-state index is 12.5. The molecule has 1 amide bonds. The summed E-state index contributed by atoms with van der Waals surface area (Å²) < 4.78 is 32.5. The first-order valence-corrected chi connectivity index (χ1v) is 11.5. The highest BCUT2D eigenvalue weighted by molar-refractivity contribution is 7.89. The molecule has 0 unspecified atom stereocenters. The Morgan fingerprint density at radius 3 is 2.09 bits per heavy atom. The Hall–Kier alpha value is -3.69. The molecular formula is C24H24N2O6S. The van der Waals surface area contributed by atoms with Crippen molar-refractivity contribution in [2.24, 2.45) is 0 Å². The molecule has 0 atom stereocenters. The van der Waals surface area contributed by atoms with Gasteiger partial charge in [0, 0.05) is 24.2 Å². The number of rotatable bonds is 9. The summed E-state index contributed by atoms with van der Waals surface area (Å²) >= 11 is 0. The van der Waals surface area contributed by atoms with Crippen LogP contribution in [0.15, 0.2) is 71.6 Å². The van der Waals surface area contributed by atoms with E-state index in [4.69, 9.17) is 4.74 Å². The number of amides is 1. The van der Waals surface area contributed by atoms with Crippen LogP contribution in [0.5, 0.6) is 11.5 Å². The lowest BCUT2D eigenvalue weighted by atomic mass is 10.1. The molecule has 0 radical (unpaired) electrons. The van der Waals surface area contributed by atoms with E-state index < -0.39 is 10.0 Å². The molecule has 3 rings (SSSR count). The topological polar surface area (TPSA) is 122 Å². The zero-order valence-corrected chi connectivity index (χ0v) is 19.0. The lowest BCUT2D eigenvalue weighted by molar-refractivity contribution is 0.0950. The first kappa shape index (κ1) is 24.0. The molecule has 0 aliphatic rings. The first-order chi connectivity index (χ1) is 15.7. The molecule has 3 aromatic rings. The number of carbonyl (C=O) groups is 2. The van der Waals surface area contributed by atoms with Crippen molar-refractivity contribution in [1.82, 2.24) is 10.0 Å². The molecule has 0 spiro atoms. The van der Waals surface area contributed by atoms with Crippen LogP contribution in [0.3, 0.4) is 0 Å². The number of phenols is 1. The Bertz CT molecular complexity index is 1250. The van der Waals surface area contributed by atoms with Crippen molar-refractivity contribution < 1.29 is 27.9 Å². The summed E-state index contributed by atoms with van der Waals surface area (Å²) in [4.78, 5) is 23.8. The number of ketones is 1. The number of ether oxygens (including phenoxy) is 1. The van der Waals surface area contributed by atoms with Gasteiger partial charge < -0.3 is 15.2 Å². The van der Waals surface area contributed by atoms with Crippen LogP contribution in [0.4, 0.5) is 0 Å². The predicted octanol–water partition coefficient (Wildman–Crippen LogP) is 3.01. The van der Waals surface area contributed by atoms with Gasteiger partial charge in [-0.25, -0.2) is 13.1 Å². The maximum absolute atomic E-state index is 12.5. The molecule has 172 valence electrons. The molecule has 0 saturated heterocycles. The molecule has 3 N–H and O–H groups in total. The van der Waals surface area contributed by atoms with E-state index in [-0.39, 0.29) is 35.4 Å². The van der Waals surface area contributed by atoms with E-state index in [1.54, 1.807) is 36.4 Å². The molecule has 0 heterocycles. The molecule has 0 aliphatic carbocycles. The summed E-state index contributed by atoms with van der Waals surface area (Å²) in [7, 11) is -2.30. The van der Waals surface area contributed by atoms with Crippen LogP contribution in [0.25, 0.3) is 0 Å². The van der Waals surface area contributed by atoms with Gasteiger partial charge in [0.05, 0.1) is 12.0 Å². The van der Waals surface area contributed by atoms with Gasteiger partial charge in [-0.3, -0.25) is 9.59 Å². The largest absolute Gasteiger partial charge is 0.504 e. The summed E-state index contributed by atoms with van der Waals surface area (Å²) in [5.41, 5.74) is 2.30. The lowest BCUT2D eigenvalue weighted by Gasteiger charge is -2.10. The third-order valence-electron chi connectivity index (χ3n) is 4.95. The van der Waals surface area contributed by atoms with Gasteiger partial charge >= 0.3 is 0 Å². The second-order valence-corrected chi connectivity index (χ2v) is 9.06. The highest BCUT2D eigenvalue weighted by Gasteiger charge is 2.14. The van der Waals surface area contributed by atoms with Gasteiger partial charge in [-0.1, -0.05) is 30.3 Å². The van der Waals surface area contributed by atoms with Crippen LogP contribution in [-0.4, -0.2) is 32.3 Å². The van der Waals surface area contributed by atoms with E-state index in [9.17, 15) is 23.1 Å². The molecule has 0 bridgehead atoms. The Kier molecular flexibility index (Phi) is 7.47. The van der Waals surface area contributed by atoms with Gasteiger partial charge in [-0.2, -0.15) is 0 Å². The van der Waals surface area contributed by atoms with Crippen molar-refractivity contribution in [2.75, 3.05) is 7.11 Å². The minimum absolute atomic E-state index is 0.0202. The fraction of sp³-hybridized carbons (Fsp3) is 0.167. The summed E-state index contributed by atoms with van der Waals surface area (Å²) in [5.74, 6) is -0.0891. The quantitative estimate of drug-likeness (QED) is 0.415. The lowest BCUT2D eigenvalue weighted by Crippen LogP contribution is -2.24. The number of carbonyl (C=O) groups excluding carboxylic acids is 2. The van der Waals surface area contributed by atoms with E-state index in [1.165, 1.54) is 44.4 Å². The monoisotopic (exact) mass is 468 g/mol. The standard InChI is InChI=1S/C24H24N2O6S/c1-16(27)19-8-10-21(11-9-19)33(30,31)26-15-17-3-6-20(7-4-17)24(29)25-14-18-5-12-22(28)23(13-18)32-2/h3-13,26,28H,14-15H2,1-2H3,(H,25,29). The Morgan fingerprint density at radius 1 is 0.879 bits per heavy atom. The Morgan fingerprint density at radius 2 is 1.48 bits per heavy atom. The third kappa shape index (κ3) is 6.18. The van der Waals surface area contributed by atoms with Crippen LogP contribution in [0.1, 0.15) is 38.8 Å². The van der Waals surface area contributed by atoms with E-state index >= 15 is 0 Å². The maximum Gasteiger partial charge on any atom is 0.251 e. The fourth-order valence-corrected chi connectivity index (χ4v) is 4.04. The minimum atomic E-state index is -3.74. The molecule has 0 fully saturated rings. The van der Waals surface area contributed by atoms with Crippen LogP contribution in [0, 0.1) is 0 Å². The van der Waals surface area contributed by atoms with Crippen molar-refractivity contribution in [1.29, 1.82) is 0 Å². The average molecular weight is 469 g/mol. The summed E-state index contributed by atoms with van der Waals surface area (Å²) in [5, 5.41) is 12.4. The Labute approximate surface area is 192 Å². The number of hydrogen-bond acceptors (Lipinski definition) is 6. The molecule has 8 nitrogen and oxygen atoms in total. The molecule has 33 heavy (non-hydrogen) atoms. The number of Topliss-reactive ketones (excluding diaryl/α,β-unsaturated/α-hetero) is 1. The van der Waals surface area contributed by atoms with Gasteiger partial charge in [0.15, 0.2) is 17.3 Å². The van der Waals surface area contributed by atoms with Crippen LogP contribution in [0.2, 0.25) is 0 Å². The van der Waals surface area contributed by atoms with E-state index in [1.807, 2.05) is 0 Å². The van der Waals surface area contributed by atoms with E-state index in [0.29, 0.717) is 22.4 Å². The third-order valence-corrected chi connectivity index (χ3v) is 6.37. The number of sulfonamides is 1. The van der Waals surface area contributed by atoms with Gasteiger partial charge in [0.25, 0.3) is 5.91 Å². The average Bonchev–Trinajstić information content (AvgIpc) is 2.82. The number of hydrogen-bond donors (Lipinski definition) is 3. The number of phenolic OH excluding ortho intramolecular Hbond substituents is 1. The SMILES string of the molecule is COc1cc(CNC(=O)c2ccc(CNS(=O)(=O)c3ccc(C(C)=O)cc3)cc2)ccc1O. The molecule has 3 aromatic carbocycles. The molecule has 0 aromatic heterocycles. The number of nitrogens with one attached hydrogen (secondary N) is 2. The van der Waals surface area contributed by atoms with Gasteiger partial charge in [-0.15, -0.1) is 0 Å². The highest BCUT2D eigenvalue weighted by atomic mass is 32.2. The van der Waals surface area contributed by atoms with Crippen LogP contribution < -0.4 is 14.8 Å². The Balaban J connectivity index is 1.57. The minimum Gasteiger partial charge on any atom is -0.504 e. The summed E-state index contributed by atoms with van der Waals surface area (Å²) in [6, 6.07) is 17.1. The highest BCUT2D eigenvalue weighted by Crippen LogP contribution is 2.26. The molecule has 9 heteroatoms. The normalized spacial score (nSPS) is 11.1. The van der Waals surface area contributed by atoms with E-state index in [0.717, 1.165) is 5.56 Å². The first-order valence-electron chi connectivity index (χ1n) is 10.0. The van der Waals surface area contributed by atoms with E-state index in [2.05, 4.69) is 10.0 Å².